The quantitative estimate of drug-likeness (QED) is 0.403. The van der Waals surface area contributed by atoms with E-state index >= 15 is 0 Å². The number of hydrogen-bond donors (Lipinski definition) is 0. The summed E-state index contributed by atoms with van der Waals surface area (Å²) in [6.07, 6.45) is 0. The molecule has 0 atom stereocenters. The van der Waals surface area contributed by atoms with Gasteiger partial charge in [0.05, 0.1) is 15.3 Å². The van der Waals surface area contributed by atoms with Gasteiger partial charge in [0.2, 0.25) is 0 Å². The van der Waals surface area contributed by atoms with Crippen LogP contribution in [-0.4, -0.2) is 14.9 Å². The van der Waals surface area contributed by atoms with Gasteiger partial charge in [0.15, 0.2) is 5.82 Å². The Morgan fingerprint density at radius 2 is 2.10 bits per heavy atom. The van der Waals surface area contributed by atoms with E-state index in [9.17, 15) is 10.1 Å². The minimum atomic E-state index is -0.465. The van der Waals surface area contributed by atoms with Crippen LogP contribution >= 0.6 is 22.9 Å². The van der Waals surface area contributed by atoms with E-state index in [-0.39, 0.29) is 10.8 Å². The first-order valence-corrected chi connectivity index (χ1v) is 6.98. The Hall–Kier alpha value is -2.05. The van der Waals surface area contributed by atoms with Crippen molar-refractivity contribution in [3.8, 4) is 10.7 Å². The molecule has 0 bridgehead atoms. The topological polar surface area (TPSA) is 68.9 Å². The second-order valence-corrected chi connectivity index (χ2v) is 5.50. The summed E-state index contributed by atoms with van der Waals surface area (Å²) < 4.78 is 0. The monoisotopic (exact) mass is 305 g/mol. The number of nitro groups is 1. The Balaban J connectivity index is 2.23. The van der Waals surface area contributed by atoms with E-state index in [4.69, 9.17) is 11.6 Å². The third-order valence-corrected chi connectivity index (χ3v) is 4.21. The summed E-state index contributed by atoms with van der Waals surface area (Å²) in [7, 11) is 0. The summed E-state index contributed by atoms with van der Waals surface area (Å²) in [6.45, 7) is 1.98. The van der Waals surface area contributed by atoms with Gasteiger partial charge in [-0.05, 0) is 30.0 Å². The lowest BCUT2D eigenvalue weighted by Gasteiger charge is -2.04. The van der Waals surface area contributed by atoms with Crippen LogP contribution in [0.1, 0.15) is 5.56 Å². The molecule has 0 aliphatic rings. The highest BCUT2D eigenvalue weighted by atomic mass is 35.5. The van der Waals surface area contributed by atoms with Crippen LogP contribution in [0.15, 0.2) is 29.6 Å². The number of aromatic nitrogens is 2. The van der Waals surface area contributed by atoms with Gasteiger partial charge in [-0.15, -0.1) is 11.3 Å². The molecule has 0 aliphatic carbocycles. The Morgan fingerprint density at radius 3 is 2.75 bits per heavy atom. The molecule has 0 spiro atoms. The maximum atomic E-state index is 10.8. The van der Waals surface area contributed by atoms with E-state index in [2.05, 4.69) is 9.97 Å². The number of non-ortho nitro benzene ring substituents is 1. The predicted octanol–water partition coefficient (Wildman–Crippen LogP) is 4.23. The van der Waals surface area contributed by atoms with E-state index in [1.165, 1.54) is 23.5 Å². The third-order valence-electron chi connectivity index (χ3n) is 2.91. The summed E-state index contributed by atoms with van der Waals surface area (Å²) in [6, 6.07) is 6.38. The van der Waals surface area contributed by atoms with E-state index in [1.807, 2.05) is 18.4 Å². The molecule has 0 unspecified atom stereocenters. The molecule has 7 heteroatoms. The number of rotatable bonds is 2. The first-order chi connectivity index (χ1) is 9.56. The average Bonchev–Trinajstić information content (AvgIpc) is 2.84. The SMILES string of the molecule is Cc1ccsc1-c1nc(Cl)c2cc([N+](=O)[O-])ccc2n1. The molecule has 1 aromatic carbocycles. The summed E-state index contributed by atoms with van der Waals surface area (Å²) in [5, 5.41) is 13.4. The van der Waals surface area contributed by atoms with Crippen molar-refractivity contribution < 1.29 is 4.92 Å². The van der Waals surface area contributed by atoms with Crippen molar-refractivity contribution in [2.75, 3.05) is 0 Å². The zero-order chi connectivity index (χ0) is 14.3. The zero-order valence-electron chi connectivity index (χ0n) is 10.3. The first-order valence-electron chi connectivity index (χ1n) is 5.72. The van der Waals surface area contributed by atoms with Gasteiger partial charge < -0.3 is 0 Å². The second kappa shape index (κ2) is 4.81. The molecular formula is C13H8ClN3O2S. The molecule has 2 aromatic heterocycles. The van der Waals surface area contributed by atoms with Crippen molar-refractivity contribution in [2.24, 2.45) is 0 Å². The van der Waals surface area contributed by atoms with E-state index in [0.29, 0.717) is 16.7 Å². The van der Waals surface area contributed by atoms with Crippen molar-refractivity contribution in [1.82, 2.24) is 9.97 Å². The Morgan fingerprint density at radius 1 is 1.30 bits per heavy atom. The van der Waals surface area contributed by atoms with Gasteiger partial charge in [0, 0.05) is 17.5 Å². The van der Waals surface area contributed by atoms with Crippen LogP contribution in [0.3, 0.4) is 0 Å². The fourth-order valence-electron chi connectivity index (χ4n) is 1.90. The smallest absolute Gasteiger partial charge is 0.258 e. The van der Waals surface area contributed by atoms with Crippen molar-refractivity contribution in [1.29, 1.82) is 0 Å². The lowest BCUT2D eigenvalue weighted by molar-refractivity contribution is -0.384. The van der Waals surface area contributed by atoms with Gasteiger partial charge in [0.1, 0.15) is 5.15 Å². The van der Waals surface area contributed by atoms with Crippen molar-refractivity contribution in [3.05, 3.63) is 50.5 Å². The van der Waals surface area contributed by atoms with Crippen LogP contribution in [0.4, 0.5) is 5.69 Å². The average molecular weight is 306 g/mol. The molecule has 20 heavy (non-hydrogen) atoms. The Kier molecular flexibility index (Phi) is 3.11. The number of fused-ring (bicyclic) bond motifs is 1. The number of aryl methyl sites for hydroxylation is 1. The molecule has 2 heterocycles. The van der Waals surface area contributed by atoms with Crippen LogP contribution in [0, 0.1) is 17.0 Å². The normalized spacial score (nSPS) is 10.9. The van der Waals surface area contributed by atoms with Gasteiger partial charge in [-0.1, -0.05) is 11.6 Å². The summed E-state index contributed by atoms with van der Waals surface area (Å²) in [5.74, 6) is 0.545. The minimum absolute atomic E-state index is 0.0249. The number of halogens is 1. The number of benzene rings is 1. The maximum Gasteiger partial charge on any atom is 0.270 e. The highest BCUT2D eigenvalue weighted by Gasteiger charge is 2.14. The molecule has 0 radical (unpaired) electrons. The molecule has 5 nitrogen and oxygen atoms in total. The number of nitro benzene ring substituents is 1. The lowest BCUT2D eigenvalue weighted by atomic mass is 10.2. The van der Waals surface area contributed by atoms with E-state index in [1.54, 1.807) is 6.07 Å². The molecule has 0 N–H and O–H groups in total. The maximum absolute atomic E-state index is 10.8. The zero-order valence-corrected chi connectivity index (χ0v) is 11.9. The van der Waals surface area contributed by atoms with Crippen LogP contribution < -0.4 is 0 Å². The highest BCUT2D eigenvalue weighted by Crippen LogP contribution is 2.31. The van der Waals surface area contributed by atoms with Gasteiger partial charge in [-0.25, -0.2) is 9.97 Å². The molecule has 0 saturated carbocycles. The van der Waals surface area contributed by atoms with Gasteiger partial charge in [-0.2, -0.15) is 0 Å². The van der Waals surface area contributed by atoms with Crippen molar-refractivity contribution >= 4 is 39.5 Å². The molecular weight excluding hydrogens is 298 g/mol. The van der Waals surface area contributed by atoms with E-state index in [0.717, 1.165) is 10.4 Å². The Labute approximate surface area is 123 Å². The largest absolute Gasteiger partial charge is 0.270 e. The molecule has 0 amide bonds. The van der Waals surface area contributed by atoms with E-state index < -0.39 is 4.92 Å². The van der Waals surface area contributed by atoms with Gasteiger partial charge >= 0.3 is 0 Å². The summed E-state index contributed by atoms with van der Waals surface area (Å²) >= 11 is 7.68. The van der Waals surface area contributed by atoms with Crippen LogP contribution in [0.2, 0.25) is 5.15 Å². The van der Waals surface area contributed by atoms with Gasteiger partial charge in [-0.3, -0.25) is 10.1 Å². The standard InChI is InChI=1S/C13H8ClN3O2S/c1-7-4-5-20-11(7)13-15-10-3-2-8(17(18)19)6-9(10)12(14)16-13/h2-6H,1H3. The summed E-state index contributed by atoms with van der Waals surface area (Å²) in [5.41, 5.74) is 1.65. The minimum Gasteiger partial charge on any atom is -0.258 e. The summed E-state index contributed by atoms with van der Waals surface area (Å²) in [4.78, 5) is 19.9. The molecule has 0 aliphatic heterocycles. The molecule has 0 saturated heterocycles. The fraction of sp³-hybridized carbons (Fsp3) is 0.0769. The van der Waals surface area contributed by atoms with Crippen LogP contribution in [-0.2, 0) is 0 Å². The first kappa shape index (κ1) is 13.0. The van der Waals surface area contributed by atoms with Gasteiger partial charge in [0.25, 0.3) is 5.69 Å². The third kappa shape index (κ3) is 2.13. The number of hydrogen-bond acceptors (Lipinski definition) is 5. The molecule has 3 rings (SSSR count). The Bertz CT molecular complexity index is 832. The molecule has 3 aromatic rings. The second-order valence-electron chi connectivity index (χ2n) is 4.23. The van der Waals surface area contributed by atoms with Crippen molar-refractivity contribution in [3.63, 3.8) is 0 Å². The fourth-order valence-corrected chi connectivity index (χ4v) is 2.99. The molecule has 0 fully saturated rings. The van der Waals surface area contributed by atoms with Crippen molar-refractivity contribution in [2.45, 2.75) is 6.92 Å². The highest BCUT2D eigenvalue weighted by molar-refractivity contribution is 7.13. The van der Waals surface area contributed by atoms with Crippen LogP contribution in [0.25, 0.3) is 21.6 Å². The number of nitrogens with zero attached hydrogens (tertiary/aromatic N) is 3. The number of thiophene rings is 1. The lowest BCUT2D eigenvalue weighted by Crippen LogP contribution is -1.93. The predicted molar refractivity (Wildman–Crippen MR) is 79.3 cm³/mol. The molecule has 100 valence electrons. The van der Waals surface area contributed by atoms with Crippen LogP contribution in [0.5, 0.6) is 0 Å².